The van der Waals surface area contributed by atoms with Crippen molar-refractivity contribution in [3.05, 3.63) is 35.9 Å². The molecule has 0 saturated carbocycles. The summed E-state index contributed by atoms with van der Waals surface area (Å²) >= 11 is 0. The molecule has 1 aromatic carbocycles. The van der Waals surface area contributed by atoms with Gasteiger partial charge in [0.1, 0.15) is 5.92 Å². The van der Waals surface area contributed by atoms with Crippen molar-refractivity contribution in [1.82, 2.24) is 0 Å². The zero-order valence-electron chi connectivity index (χ0n) is 13.7. The van der Waals surface area contributed by atoms with Crippen LogP contribution in [0.5, 0.6) is 0 Å². The van der Waals surface area contributed by atoms with Crippen molar-refractivity contribution in [3.8, 4) is 0 Å². The van der Waals surface area contributed by atoms with E-state index in [9.17, 15) is 44.4 Å². The molecule has 0 bridgehead atoms. The first-order valence-electron chi connectivity index (χ1n) is 7.14. The van der Waals surface area contributed by atoms with Gasteiger partial charge in [0.15, 0.2) is 0 Å². The molecule has 0 aliphatic carbocycles. The highest BCUT2D eigenvalue weighted by Gasteiger charge is 2.81. The van der Waals surface area contributed by atoms with Gasteiger partial charge in [0.25, 0.3) is 5.60 Å². The Morgan fingerprint density at radius 3 is 1.63 bits per heavy atom. The van der Waals surface area contributed by atoms with Gasteiger partial charge in [0.2, 0.25) is 0 Å². The fraction of sp³-hybridized carbons (Fsp3) is 0.571. The van der Waals surface area contributed by atoms with Crippen molar-refractivity contribution in [2.75, 3.05) is 0 Å². The average molecular weight is 432 g/mol. The fourth-order valence-electron chi connectivity index (χ4n) is 2.27. The van der Waals surface area contributed by atoms with Crippen LogP contribution in [-0.4, -0.2) is 35.1 Å². The van der Waals surface area contributed by atoms with E-state index in [1.165, 1.54) is 0 Å². The van der Waals surface area contributed by atoms with Crippen molar-refractivity contribution in [3.63, 3.8) is 0 Å². The van der Waals surface area contributed by atoms with Crippen LogP contribution in [0.15, 0.2) is 30.3 Å². The first-order valence-corrected chi connectivity index (χ1v) is 8.27. The van der Waals surface area contributed by atoms with E-state index in [0.717, 1.165) is 32.0 Å². The minimum atomic E-state index is -6.59. The first-order chi connectivity index (χ1) is 12.0. The molecule has 0 heterocycles. The van der Waals surface area contributed by atoms with Crippen LogP contribution < -0.4 is 0 Å². The highest BCUT2D eigenvalue weighted by atomic mass is 31.2. The Labute approximate surface area is 149 Å². The summed E-state index contributed by atoms with van der Waals surface area (Å²) in [4.78, 5) is 9.40. The summed E-state index contributed by atoms with van der Waals surface area (Å²) < 4.78 is 130. The predicted molar refractivity (Wildman–Crippen MR) is 76.5 cm³/mol. The number of rotatable bonds is 6. The van der Waals surface area contributed by atoms with Crippen molar-refractivity contribution < 1.29 is 53.5 Å². The molecule has 0 aromatic heterocycles. The van der Waals surface area contributed by atoms with Gasteiger partial charge in [-0.15, -0.1) is 0 Å². The van der Waals surface area contributed by atoms with Gasteiger partial charge in [-0.3, -0.25) is 4.52 Å². The van der Waals surface area contributed by atoms with Gasteiger partial charge in [0, 0.05) is 0 Å². The molecule has 3 nitrogen and oxygen atoms in total. The lowest BCUT2D eigenvalue weighted by molar-refractivity contribution is -0.388. The van der Waals surface area contributed by atoms with Gasteiger partial charge in [-0.1, -0.05) is 30.3 Å². The Balaban J connectivity index is 3.76. The molecule has 2 unspecified atom stereocenters. The van der Waals surface area contributed by atoms with Crippen LogP contribution >= 0.6 is 8.60 Å². The van der Waals surface area contributed by atoms with Crippen LogP contribution in [0, 0.1) is 0 Å². The van der Waals surface area contributed by atoms with Gasteiger partial charge in [0.05, 0.1) is 6.10 Å². The Morgan fingerprint density at radius 2 is 1.30 bits per heavy atom. The van der Waals surface area contributed by atoms with Crippen LogP contribution in [-0.2, 0) is 9.05 Å². The number of alkyl halides is 9. The lowest BCUT2D eigenvalue weighted by atomic mass is 9.80. The zero-order chi connectivity index (χ0) is 21.3. The second-order valence-corrected chi connectivity index (χ2v) is 6.47. The maximum atomic E-state index is 13.5. The topological polar surface area (TPSA) is 38.7 Å². The highest BCUT2D eigenvalue weighted by Crippen LogP contribution is 2.62. The summed E-state index contributed by atoms with van der Waals surface area (Å²) in [5.74, 6) is -4.20. The molecule has 0 aliphatic rings. The summed E-state index contributed by atoms with van der Waals surface area (Å²) in [6.45, 7) is 2.27. The van der Waals surface area contributed by atoms with Crippen LogP contribution in [0.1, 0.15) is 25.3 Å². The van der Waals surface area contributed by atoms with E-state index < -0.39 is 50.3 Å². The van der Waals surface area contributed by atoms with Crippen molar-refractivity contribution in [2.45, 2.75) is 50.0 Å². The molecule has 1 N–H and O–H groups in total. The molecular formula is C14H14F9O3P. The van der Waals surface area contributed by atoms with Crippen LogP contribution in [0.2, 0.25) is 0 Å². The van der Waals surface area contributed by atoms with Crippen LogP contribution in [0.4, 0.5) is 39.5 Å². The number of halogens is 9. The summed E-state index contributed by atoms with van der Waals surface area (Å²) in [5, 5.41) is 0. The fourth-order valence-corrected chi connectivity index (χ4v) is 3.23. The molecule has 2 atom stereocenters. The Morgan fingerprint density at radius 1 is 0.852 bits per heavy atom. The Bertz CT molecular complexity index is 585. The van der Waals surface area contributed by atoms with E-state index in [2.05, 4.69) is 9.05 Å². The minimum absolute atomic E-state index is 0.455. The molecule has 27 heavy (non-hydrogen) atoms. The minimum Gasteiger partial charge on any atom is -0.328 e. The van der Waals surface area contributed by atoms with Gasteiger partial charge in [-0.25, -0.2) is 0 Å². The number of hydrogen-bond acceptors (Lipinski definition) is 3. The van der Waals surface area contributed by atoms with E-state index in [4.69, 9.17) is 0 Å². The maximum Gasteiger partial charge on any atom is 0.427 e. The van der Waals surface area contributed by atoms with E-state index >= 15 is 0 Å². The zero-order valence-corrected chi connectivity index (χ0v) is 14.5. The summed E-state index contributed by atoms with van der Waals surface area (Å²) in [5.41, 5.74) is -7.12. The van der Waals surface area contributed by atoms with Gasteiger partial charge in [-0.2, -0.15) is 39.5 Å². The van der Waals surface area contributed by atoms with E-state index in [1.54, 1.807) is 0 Å². The lowest BCUT2D eigenvalue weighted by Crippen LogP contribution is -2.64. The van der Waals surface area contributed by atoms with E-state index in [0.29, 0.717) is 12.1 Å². The van der Waals surface area contributed by atoms with Crippen LogP contribution in [0.25, 0.3) is 0 Å². The molecular weight excluding hydrogens is 418 g/mol. The molecule has 0 aliphatic heterocycles. The van der Waals surface area contributed by atoms with Crippen molar-refractivity contribution in [2.24, 2.45) is 0 Å². The normalized spacial score (nSPS) is 16.5. The third kappa shape index (κ3) is 5.24. The predicted octanol–water partition coefficient (Wildman–Crippen LogP) is 5.86. The first kappa shape index (κ1) is 23.9. The molecule has 0 amide bonds. The third-order valence-corrected chi connectivity index (χ3v) is 4.28. The SMILES string of the molecule is CC(C)OP(O)OC(C(c1ccccc1)C(F)(F)F)(C(F)(F)F)C(F)(F)F. The molecule has 0 spiro atoms. The standard InChI is InChI=1S/C14H14F9O3P/c1-8(2)25-27(24)26-11(13(18,19)20,14(21,22)23)10(12(15,16)17)9-6-4-3-5-7-9/h3-8,10,24H,1-2H3. The monoisotopic (exact) mass is 432 g/mol. The van der Waals surface area contributed by atoms with Crippen molar-refractivity contribution in [1.29, 1.82) is 0 Å². The van der Waals surface area contributed by atoms with Gasteiger partial charge < -0.3 is 9.42 Å². The summed E-state index contributed by atoms with van der Waals surface area (Å²) in [6, 6.07) is 3.71. The molecule has 156 valence electrons. The second kappa shape index (κ2) is 8.10. The Hall–Kier alpha value is -1.10. The number of hydrogen-bond donors (Lipinski definition) is 1. The van der Waals surface area contributed by atoms with Gasteiger partial charge >= 0.3 is 27.1 Å². The van der Waals surface area contributed by atoms with E-state index in [-0.39, 0.29) is 0 Å². The second-order valence-electron chi connectivity index (χ2n) is 5.60. The molecule has 0 radical (unpaired) electrons. The summed E-state index contributed by atoms with van der Waals surface area (Å²) in [6.07, 6.45) is -20.3. The molecule has 1 aromatic rings. The molecule has 13 heteroatoms. The molecule has 0 fully saturated rings. The third-order valence-electron chi connectivity index (χ3n) is 3.23. The van der Waals surface area contributed by atoms with Gasteiger partial charge in [-0.05, 0) is 19.4 Å². The Kier molecular flexibility index (Phi) is 7.18. The molecule has 0 saturated heterocycles. The highest BCUT2D eigenvalue weighted by molar-refractivity contribution is 7.40. The smallest absolute Gasteiger partial charge is 0.328 e. The lowest BCUT2D eigenvalue weighted by Gasteiger charge is -2.43. The number of benzene rings is 1. The van der Waals surface area contributed by atoms with Crippen LogP contribution in [0.3, 0.4) is 0 Å². The van der Waals surface area contributed by atoms with E-state index in [1.807, 2.05) is 0 Å². The quantitative estimate of drug-likeness (QED) is 0.453. The largest absolute Gasteiger partial charge is 0.427 e. The average Bonchev–Trinajstić information content (AvgIpc) is 2.42. The summed E-state index contributed by atoms with van der Waals surface area (Å²) in [7, 11) is -3.95. The van der Waals surface area contributed by atoms with Crippen molar-refractivity contribution >= 4 is 8.60 Å². The molecule has 1 rings (SSSR count). The maximum absolute atomic E-state index is 13.5.